The van der Waals surface area contributed by atoms with Crippen LogP contribution < -0.4 is 9.46 Å². The second-order valence-electron chi connectivity index (χ2n) is 5.03. The number of halogens is 2. The van der Waals surface area contributed by atoms with Crippen LogP contribution in [0, 0.1) is 0 Å². The van der Waals surface area contributed by atoms with Gasteiger partial charge in [-0.05, 0) is 50.2 Å². The number of benzene rings is 2. The Morgan fingerprint density at radius 3 is 2.30 bits per heavy atom. The number of rotatable bonds is 5. The second kappa shape index (κ2) is 6.86. The van der Waals surface area contributed by atoms with Crippen molar-refractivity contribution < 1.29 is 18.3 Å². The number of hydrogen-bond acceptors (Lipinski definition) is 4. The lowest BCUT2D eigenvalue weighted by Crippen LogP contribution is -2.13. The molecule has 2 aromatic rings. The molecule has 124 valence electrons. The van der Waals surface area contributed by atoms with Gasteiger partial charge in [0.1, 0.15) is 10.6 Å². The van der Waals surface area contributed by atoms with E-state index in [1.54, 1.807) is 24.3 Å². The van der Waals surface area contributed by atoms with Crippen molar-refractivity contribution in [2.24, 2.45) is 0 Å². The van der Waals surface area contributed by atoms with E-state index in [-0.39, 0.29) is 16.1 Å². The van der Waals surface area contributed by atoms with E-state index < -0.39 is 20.7 Å². The summed E-state index contributed by atoms with van der Waals surface area (Å²) in [5, 5.41) is 9.81. The molecular weight excluding hydrogens is 361 g/mol. The molecule has 0 radical (unpaired) electrons. The Labute approximate surface area is 144 Å². The third-order valence-electron chi connectivity index (χ3n) is 2.76. The van der Waals surface area contributed by atoms with Gasteiger partial charge in [-0.2, -0.15) is 0 Å². The molecule has 0 aliphatic carbocycles. The normalized spacial score (nSPS) is 11.5. The monoisotopic (exact) mass is 375 g/mol. The van der Waals surface area contributed by atoms with E-state index >= 15 is 0 Å². The fourth-order valence-corrected chi connectivity index (χ4v) is 3.65. The van der Waals surface area contributed by atoms with E-state index in [0.29, 0.717) is 11.4 Å². The molecular formula is C15H15Cl2NO4S. The zero-order valence-electron chi connectivity index (χ0n) is 12.4. The SMILES string of the molecule is CC(C)Oc1ccc(NS(=O)(=O)c2cc(Cl)cc(Cl)c2O)cc1. The number of hydrogen-bond donors (Lipinski definition) is 2. The van der Waals surface area contributed by atoms with E-state index in [9.17, 15) is 13.5 Å². The molecule has 0 saturated heterocycles. The fourth-order valence-electron chi connectivity index (χ4n) is 1.83. The van der Waals surface area contributed by atoms with Crippen molar-refractivity contribution >= 4 is 38.9 Å². The van der Waals surface area contributed by atoms with E-state index in [1.165, 1.54) is 6.07 Å². The standard InChI is InChI=1S/C15H15Cl2NO4S/c1-9(2)22-12-5-3-11(4-6-12)18-23(20,21)14-8-10(16)7-13(17)15(14)19/h3-9,18-19H,1-2H3. The summed E-state index contributed by atoms with van der Waals surface area (Å²) in [5.41, 5.74) is 0.316. The Morgan fingerprint density at radius 1 is 1.13 bits per heavy atom. The molecule has 2 rings (SSSR count). The van der Waals surface area contributed by atoms with Gasteiger partial charge in [0.2, 0.25) is 0 Å². The first kappa shape index (κ1) is 17.7. The molecule has 0 aromatic heterocycles. The first-order valence-corrected chi connectivity index (χ1v) is 8.90. The number of anilines is 1. The van der Waals surface area contributed by atoms with Crippen LogP contribution in [0.1, 0.15) is 13.8 Å². The van der Waals surface area contributed by atoms with Gasteiger partial charge < -0.3 is 9.84 Å². The predicted octanol–water partition coefficient (Wildman–Crippen LogP) is 4.29. The summed E-state index contributed by atoms with van der Waals surface area (Å²) in [7, 11) is -4.03. The number of nitrogens with one attached hydrogen (secondary N) is 1. The first-order valence-electron chi connectivity index (χ1n) is 6.66. The minimum Gasteiger partial charge on any atom is -0.505 e. The summed E-state index contributed by atoms with van der Waals surface area (Å²) in [6.07, 6.45) is 0.0168. The average molecular weight is 376 g/mol. The Bertz CT molecular complexity index is 805. The average Bonchev–Trinajstić information content (AvgIpc) is 2.44. The molecule has 0 fully saturated rings. The van der Waals surface area contributed by atoms with Gasteiger partial charge in [-0.25, -0.2) is 8.42 Å². The van der Waals surface area contributed by atoms with Gasteiger partial charge in [-0.15, -0.1) is 0 Å². The molecule has 0 spiro atoms. The highest BCUT2D eigenvalue weighted by Crippen LogP contribution is 2.35. The van der Waals surface area contributed by atoms with Crippen LogP contribution >= 0.6 is 23.2 Å². The number of aromatic hydroxyl groups is 1. The predicted molar refractivity (Wildman–Crippen MR) is 91.1 cm³/mol. The van der Waals surface area contributed by atoms with Crippen molar-refractivity contribution in [2.75, 3.05) is 4.72 Å². The molecule has 2 aromatic carbocycles. The molecule has 0 heterocycles. The van der Waals surface area contributed by atoms with E-state index in [1.807, 2.05) is 13.8 Å². The lowest BCUT2D eigenvalue weighted by Gasteiger charge is -2.12. The van der Waals surface area contributed by atoms with E-state index in [0.717, 1.165) is 6.07 Å². The molecule has 0 saturated carbocycles. The summed E-state index contributed by atoms with van der Waals surface area (Å²) in [6, 6.07) is 8.78. The van der Waals surface area contributed by atoms with Crippen molar-refractivity contribution in [3.05, 3.63) is 46.4 Å². The number of phenols is 1. The number of sulfonamides is 1. The smallest absolute Gasteiger partial charge is 0.265 e. The molecule has 0 bridgehead atoms. The molecule has 2 N–H and O–H groups in total. The van der Waals surface area contributed by atoms with Crippen molar-refractivity contribution in [1.29, 1.82) is 0 Å². The maximum Gasteiger partial charge on any atom is 0.265 e. The van der Waals surface area contributed by atoms with Gasteiger partial charge in [0, 0.05) is 10.7 Å². The van der Waals surface area contributed by atoms with Crippen molar-refractivity contribution in [1.82, 2.24) is 0 Å². The van der Waals surface area contributed by atoms with Crippen LogP contribution in [0.4, 0.5) is 5.69 Å². The summed E-state index contributed by atoms with van der Waals surface area (Å²) in [4.78, 5) is -0.391. The Morgan fingerprint density at radius 2 is 1.74 bits per heavy atom. The van der Waals surface area contributed by atoms with Crippen LogP contribution in [-0.4, -0.2) is 19.6 Å². The maximum absolute atomic E-state index is 12.4. The lowest BCUT2D eigenvalue weighted by molar-refractivity contribution is 0.242. The maximum atomic E-state index is 12.4. The van der Waals surface area contributed by atoms with Gasteiger partial charge >= 0.3 is 0 Å². The Hall–Kier alpha value is -1.63. The summed E-state index contributed by atoms with van der Waals surface area (Å²) < 4.78 is 32.6. The van der Waals surface area contributed by atoms with Crippen molar-refractivity contribution in [3.8, 4) is 11.5 Å². The summed E-state index contributed by atoms with van der Waals surface area (Å²) in [5.74, 6) is 0.0694. The zero-order valence-corrected chi connectivity index (χ0v) is 14.7. The van der Waals surface area contributed by atoms with Crippen LogP contribution in [0.15, 0.2) is 41.3 Å². The Kier molecular flexibility index (Phi) is 5.29. The highest BCUT2D eigenvalue weighted by molar-refractivity contribution is 7.92. The van der Waals surface area contributed by atoms with Gasteiger partial charge in [0.25, 0.3) is 10.0 Å². The van der Waals surface area contributed by atoms with E-state index in [2.05, 4.69) is 4.72 Å². The third kappa shape index (κ3) is 4.43. The number of phenolic OH excluding ortho intramolecular Hbond substituents is 1. The minimum atomic E-state index is -4.03. The van der Waals surface area contributed by atoms with Gasteiger partial charge in [0.15, 0.2) is 5.75 Å². The molecule has 0 atom stereocenters. The van der Waals surface area contributed by atoms with Gasteiger partial charge in [0.05, 0.1) is 11.1 Å². The van der Waals surface area contributed by atoms with E-state index in [4.69, 9.17) is 27.9 Å². The molecule has 23 heavy (non-hydrogen) atoms. The highest BCUT2D eigenvalue weighted by atomic mass is 35.5. The topological polar surface area (TPSA) is 75.6 Å². The first-order chi connectivity index (χ1) is 10.7. The quantitative estimate of drug-likeness (QED) is 0.817. The largest absolute Gasteiger partial charge is 0.505 e. The summed E-state index contributed by atoms with van der Waals surface area (Å²) >= 11 is 11.6. The zero-order chi connectivity index (χ0) is 17.2. The van der Waals surface area contributed by atoms with Crippen LogP contribution in [-0.2, 0) is 10.0 Å². The molecule has 0 aliphatic rings. The molecule has 0 amide bonds. The second-order valence-corrected chi connectivity index (χ2v) is 7.53. The lowest BCUT2D eigenvalue weighted by atomic mass is 10.3. The Balaban J connectivity index is 2.28. The van der Waals surface area contributed by atoms with Crippen LogP contribution in [0.25, 0.3) is 0 Å². The third-order valence-corrected chi connectivity index (χ3v) is 4.66. The minimum absolute atomic E-state index is 0.0168. The molecule has 0 aliphatic heterocycles. The molecule has 0 unspecified atom stereocenters. The molecule has 8 heteroatoms. The molecule has 5 nitrogen and oxygen atoms in total. The highest BCUT2D eigenvalue weighted by Gasteiger charge is 2.21. The van der Waals surface area contributed by atoms with Gasteiger partial charge in [-0.1, -0.05) is 23.2 Å². The van der Waals surface area contributed by atoms with Crippen molar-refractivity contribution in [2.45, 2.75) is 24.8 Å². The van der Waals surface area contributed by atoms with Crippen LogP contribution in [0.3, 0.4) is 0 Å². The van der Waals surface area contributed by atoms with Crippen LogP contribution in [0.2, 0.25) is 10.0 Å². The van der Waals surface area contributed by atoms with Crippen LogP contribution in [0.5, 0.6) is 11.5 Å². The fraction of sp³-hybridized carbons (Fsp3) is 0.200. The van der Waals surface area contributed by atoms with Crippen molar-refractivity contribution in [3.63, 3.8) is 0 Å². The summed E-state index contributed by atoms with van der Waals surface area (Å²) in [6.45, 7) is 3.78. The van der Waals surface area contributed by atoms with Gasteiger partial charge in [-0.3, -0.25) is 4.72 Å². The number of ether oxygens (including phenoxy) is 1.